The van der Waals surface area contributed by atoms with Gasteiger partial charge in [0.25, 0.3) is 0 Å². The SMILES string of the molecule is O=C1CCC2(C(F)(F)F)c3c(Cl)cccc3CCN12. The highest BCUT2D eigenvalue weighted by Crippen LogP contribution is 2.55. The maximum atomic E-state index is 13.7. The first-order valence-corrected chi connectivity index (χ1v) is 6.41. The van der Waals surface area contributed by atoms with Crippen LogP contribution in [0, 0.1) is 0 Å². The monoisotopic (exact) mass is 289 g/mol. The Balaban J connectivity index is 2.31. The van der Waals surface area contributed by atoms with Gasteiger partial charge in [-0.05, 0) is 24.5 Å². The van der Waals surface area contributed by atoms with Crippen LogP contribution in [0.3, 0.4) is 0 Å². The molecule has 2 aliphatic rings. The van der Waals surface area contributed by atoms with Gasteiger partial charge in [-0.1, -0.05) is 23.7 Å². The van der Waals surface area contributed by atoms with Crippen molar-refractivity contribution in [2.24, 2.45) is 0 Å². The summed E-state index contributed by atoms with van der Waals surface area (Å²) < 4.78 is 41.0. The van der Waals surface area contributed by atoms with Crippen molar-refractivity contribution < 1.29 is 18.0 Å². The number of hydrogen-bond donors (Lipinski definition) is 0. The van der Waals surface area contributed by atoms with Crippen LogP contribution in [-0.4, -0.2) is 23.5 Å². The van der Waals surface area contributed by atoms with Crippen molar-refractivity contribution in [3.05, 3.63) is 34.3 Å². The summed E-state index contributed by atoms with van der Waals surface area (Å²) in [5.41, 5.74) is -1.56. The number of hydrogen-bond acceptors (Lipinski definition) is 1. The maximum Gasteiger partial charge on any atom is 0.416 e. The molecule has 2 heterocycles. The zero-order valence-corrected chi connectivity index (χ0v) is 10.7. The van der Waals surface area contributed by atoms with Crippen molar-refractivity contribution in [3.8, 4) is 0 Å². The summed E-state index contributed by atoms with van der Waals surface area (Å²) in [7, 11) is 0. The molecule has 0 N–H and O–H groups in total. The summed E-state index contributed by atoms with van der Waals surface area (Å²) in [5.74, 6) is -0.442. The Bertz CT molecular complexity index is 557. The van der Waals surface area contributed by atoms with Gasteiger partial charge in [0.1, 0.15) is 0 Å². The normalized spacial score (nSPS) is 26.3. The minimum atomic E-state index is -4.51. The van der Waals surface area contributed by atoms with Gasteiger partial charge in [-0.3, -0.25) is 4.79 Å². The molecule has 6 heteroatoms. The van der Waals surface area contributed by atoms with Gasteiger partial charge in [-0.2, -0.15) is 13.2 Å². The largest absolute Gasteiger partial charge is 0.416 e. The smallest absolute Gasteiger partial charge is 0.324 e. The third-order valence-electron chi connectivity index (χ3n) is 4.05. The molecule has 1 unspecified atom stereocenters. The number of carbonyl (C=O) groups is 1. The van der Waals surface area contributed by atoms with E-state index in [0.717, 1.165) is 4.90 Å². The molecule has 3 rings (SSSR count). The molecule has 1 saturated heterocycles. The van der Waals surface area contributed by atoms with Gasteiger partial charge >= 0.3 is 6.18 Å². The lowest BCUT2D eigenvalue weighted by Gasteiger charge is -2.45. The van der Waals surface area contributed by atoms with E-state index in [4.69, 9.17) is 11.6 Å². The third-order valence-corrected chi connectivity index (χ3v) is 4.36. The molecule has 0 aromatic heterocycles. The van der Waals surface area contributed by atoms with Gasteiger partial charge in [0.05, 0.1) is 0 Å². The van der Waals surface area contributed by atoms with Gasteiger partial charge in [0, 0.05) is 23.6 Å². The lowest BCUT2D eigenvalue weighted by atomic mass is 9.79. The topological polar surface area (TPSA) is 20.3 Å². The zero-order chi connectivity index (χ0) is 13.8. The number of halogens is 4. The molecule has 1 aromatic rings. The lowest BCUT2D eigenvalue weighted by molar-refractivity contribution is -0.231. The standard InChI is InChI=1S/C13H11ClF3NO/c14-9-3-1-2-8-5-7-18-10(19)4-6-12(18,11(8)9)13(15,16)17/h1-3H,4-7H2. The van der Waals surface area contributed by atoms with E-state index < -0.39 is 17.6 Å². The molecule has 1 fully saturated rings. The van der Waals surface area contributed by atoms with Gasteiger partial charge in [-0.15, -0.1) is 0 Å². The second kappa shape index (κ2) is 3.88. The molecule has 1 amide bonds. The molecule has 0 spiro atoms. The summed E-state index contributed by atoms with van der Waals surface area (Å²) in [6.45, 7) is 0.103. The van der Waals surface area contributed by atoms with Gasteiger partial charge in [0.15, 0.2) is 5.54 Å². The fraction of sp³-hybridized carbons (Fsp3) is 0.462. The van der Waals surface area contributed by atoms with E-state index in [9.17, 15) is 18.0 Å². The quantitative estimate of drug-likeness (QED) is 0.718. The minimum Gasteiger partial charge on any atom is -0.324 e. The Morgan fingerprint density at radius 2 is 2.00 bits per heavy atom. The van der Waals surface area contributed by atoms with E-state index in [1.54, 1.807) is 12.1 Å². The molecular formula is C13H11ClF3NO. The van der Waals surface area contributed by atoms with E-state index in [-0.39, 0.29) is 30.0 Å². The molecule has 0 aliphatic carbocycles. The van der Waals surface area contributed by atoms with Crippen LogP contribution in [0.5, 0.6) is 0 Å². The number of carbonyl (C=O) groups excluding carboxylic acids is 1. The van der Waals surface area contributed by atoms with Crippen LogP contribution in [0.15, 0.2) is 18.2 Å². The first-order valence-electron chi connectivity index (χ1n) is 6.03. The number of nitrogens with zero attached hydrogens (tertiary/aromatic N) is 1. The molecule has 2 aliphatic heterocycles. The van der Waals surface area contributed by atoms with Crippen molar-refractivity contribution in [2.45, 2.75) is 31.0 Å². The van der Waals surface area contributed by atoms with Crippen LogP contribution >= 0.6 is 11.6 Å². The molecule has 1 aromatic carbocycles. The highest BCUT2D eigenvalue weighted by atomic mass is 35.5. The maximum absolute atomic E-state index is 13.7. The second-order valence-corrected chi connectivity index (χ2v) is 5.33. The van der Waals surface area contributed by atoms with Crippen molar-refractivity contribution in [1.29, 1.82) is 0 Å². The third kappa shape index (κ3) is 1.54. The Kier molecular flexibility index (Phi) is 2.61. The lowest BCUT2D eigenvalue weighted by Crippen LogP contribution is -2.57. The Morgan fingerprint density at radius 3 is 2.68 bits per heavy atom. The molecule has 1 atom stereocenters. The van der Waals surface area contributed by atoms with E-state index >= 15 is 0 Å². The van der Waals surface area contributed by atoms with Crippen LogP contribution in [-0.2, 0) is 16.8 Å². The molecule has 0 saturated carbocycles. The Morgan fingerprint density at radius 1 is 1.26 bits per heavy atom. The summed E-state index contributed by atoms with van der Waals surface area (Å²) in [5, 5.41) is 0.0919. The molecule has 102 valence electrons. The second-order valence-electron chi connectivity index (χ2n) is 4.93. The molecule has 19 heavy (non-hydrogen) atoms. The van der Waals surface area contributed by atoms with Gasteiger partial charge in [-0.25, -0.2) is 0 Å². The number of amides is 1. The highest BCUT2D eigenvalue weighted by Gasteiger charge is 2.66. The number of fused-ring (bicyclic) bond motifs is 3. The summed E-state index contributed by atoms with van der Waals surface area (Å²) in [4.78, 5) is 12.7. The van der Waals surface area contributed by atoms with E-state index in [0.29, 0.717) is 12.0 Å². The van der Waals surface area contributed by atoms with Crippen LogP contribution in [0.2, 0.25) is 5.02 Å². The predicted molar refractivity (Wildman–Crippen MR) is 63.8 cm³/mol. The molecular weight excluding hydrogens is 279 g/mol. The van der Waals surface area contributed by atoms with Gasteiger partial charge < -0.3 is 4.90 Å². The van der Waals surface area contributed by atoms with E-state index in [1.807, 2.05) is 0 Å². The van der Waals surface area contributed by atoms with Crippen molar-refractivity contribution >= 4 is 17.5 Å². The van der Waals surface area contributed by atoms with E-state index in [2.05, 4.69) is 0 Å². The Labute approximate surface area is 113 Å². The average molecular weight is 290 g/mol. The minimum absolute atomic E-state index is 0.0706. The molecule has 2 nitrogen and oxygen atoms in total. The average Bonchev–Trinajstić information content (AvgIpc) is 2.68. The number of rotatable bonds is 0. The van der Waals surface area contributed by atoms with Crippen molar-refractivity contribution in [3.63, 3.8) is 0 Å². The summed E-state index contributed by atoms with van der Waals surface area (Å²) in [6.07, 6.45) is -4.42. The Hall–Kier alpha value is -1.23. The summed E-state index contributed by atoms with van der Waals surface area (Å²) >= 11 is 6.01. The predicted octanol–water partition coefficient (Wildman–Crippen LogP) is 3.28. The van der Waals surface area contributed by atoms with Crippen molar-refractivity contribution in [2.75, 3.05) is 6.54 Å². The van der Waals surface area contributed by atoms with Crippen LogP contribution in [0.25, 0.3) is 0 Å². The molecule has 0 bridgehead atoms. The first kappa shape index (κ1) is 12.8. The number of alkyl halides is 3. The molecule has 0 radical (unpaired) electrons. The van der Waals surface area contributed by atoms with Crippen LogP contribution in [0.1, 0.15) is 24.0 Å². The van der Waals surface area contributed by atoms with Crippen LogP contribution in [0.4, 0.5) is 13.2 Å². The first-order chi connectivity index (χ1) is 8.88. The van der Waals surface area contributed by atoms with Crippen LogP contribution < -0.4 is 0 Å². The fourth-order valence-electron chi connectivity index (χ4n) is 3.26. The highest BCUT2D eigenvalue weighted by molar-refractivity contribution is 6.31. The fourth-order valence-corrected chi connectivity index (χ4v) is 3.61. The summed E-state index contributed by atoms with van der Waals surface area (Å²) in [6, 6.07) is 4.77. The zero-order valence-electron chi connectivity index (χ0n) is 9.93. The number of benzene rings is 1. The van der Waals surface area contributed by atoms with Crippen molar-refractivity contribution in [1.82, 2.24) is 4.90 Å². The van der Waals surface area contributed by atoms with E-state index in [1.165, 1.54) is 6.07 Å². The van der Waals surface area contributed by atoms with Gasteiger partial charge in [0.2, 0.25) is 5.91 Å².